The van der Waals surface area contributed by atoms with Gasteiger partial charge in [0.15, 0.2) is 12.3 Å². The van der Waals surface area contributed by atoms with Crippen molar-refractivity contribution in [2.24, 2.45) is 0 Å². The van der Waals surface area contributed by atoms with E-state index in [0.29, 0.717) is 13.1 Å². The predicted molar refractivity (Wildman–Crippen MR) is 102 cm³/mol. The lowest BCUT2D eigenvalue weighted by Gasteiger charge is -2.16. The van der Waals surface area contributed by atoms with Crippen molar-refractivity contribution in [1.82, 2.24) is 4.90 Å². The number of rotatable bonds is 7. The number of hydrogen-bond acceptors (Lipinski definition) is 3. The molecule has 2 aromatic heterocycles. The van der Waals surface area contributed by atoms with Crippen molar-refractivity contribution in [3.8, 4) is 11.3 Å². The molecule has 26 heavy (non-hydrogen) atoms. The van der Waals surface area contributed by atoms with Gasteiger partial charge in [-0.15, -0.1) is 0 Å². The fourth-order valence-electron chi connectivity index (χ4n) is 2.65. The van der Waals surface area contributed by atoms with Crippen molar-refractivity contribution < 1.29 is 18.9 Å². The Kier molecular flexibility index (Phi) is 5.96. The maximum Gasteiger partial charge on any atom is 0.277 e. The number of amides is 1. The minimum atomic E-state index is 0.0463. The van der Waals surface area contributed by atoms with Crippen LogP contribution in [0.15, 0.2) is 68.1 Å². The van der Waals surface area contributed by atoms with Crippen LogP contribution in [0.1, 0.15) is 24.5 Å². The van der Waals surface area contributed by atoms with Crippen LogP contribution in [0.3, 0.4) is 0 Å². The van der Waals surface area contributed by atoms with Gasteiger partial charge >= 0.3 is 0 Å². The molecule has 3 rings (SSSR count). The van der Waals surface area contributed by atoms with Gasteiger partial charge in [-0.1, -0.05) is 28.1 Å². The maximum absolute atomic E-state index is 12.4. The highest BCUT2D eigenvalue weighted by atomic mass is 79.9. The normalized spacial score (nSPS) is 12.1. The van der Waals surface area contributed by atoms with Crippen molar-refractivity contribution in [2.45, 2.75) is 19.5 Å². The third kappa shape index (κ3) is 4.65. The lowest BCUT2D eigenvalue weighted by atomic mass is 10.2. The third-order valence-electron chi connectivity index (χ3n) is 4.25. The zero-order chi connectivity index (χ0) is 18.5. The highest BCUT2D eigenvalue weighted by Gasteiger charge is 2.17. The number of halogens is 1. The van der Waals surface area contributed by atoms with Crippen LogP contribution in [0.5, 0.6) is 0 Å². The molecule has 0 radical (unpaired) electrons. The number of benzene rings is 1. The number of nitrogens with zero attached hydrogens (tertiary/aromatic N) is 1. The Morgan fingerprint density at radius 2 is 1.96 bits per heavy atom. The SMILES string of the molecule is C[C@@H]([NH2+]CC(=O)N(C)Cc1ccc(-c2ccc(Br)cc2)o1)c1ccco1. The van der Waals surface area contributed by atoms with Crippen molar-refractivity contribution in [2.75, 3.05) is 13.6 Å². The zero-order valence-corrected chi connectivity index (χ0v) is 16.4. The molecular formula is C20H22BrN2O3+. The Bertz CT molecular complexity index is 840. The Morgan fingerprint density at radius 1 is 1.19 bits per heavy atom. The summed E-state index contributed by atoms with van der Waals surface area (Å²) < 4.78 is 12.3. The second-order valence-corrected chi connectivity index (χ2v) is 7.18. The molecule has 0 aliphatic rings. The van der Waals surface area contributed by atoms with Gasteiger partial charge in [0.1, 0.15) is 17.6 Å². The fraction of sp³-hybridized carbons (Fsp3) is 0.250. The van der Waals surface area contributed by atoms with Gasteiger partial charge in [-0.3, -0.25) is 4.79 Å². The van der Waals surface area contributed by atoms with Crippen LogP contribution in [-0.2, 0) is 11.3 Å². The summed E-state index contributed by atoms with van der Waals surface area (Å²) in [6.07, 6.45) is 1.65. The first-order valence-corrected chi connectivity index (χ1v) is 9.27. The molecular weight excluding hydrogens is 396 g/mol. The maximum atomic E-state index is 12.4. The molecule has 5 nitrogen and oxygen atoms in total. The van der Waals surface area contributed by atoms with Crippen LogP contribution in [0.4, 0.5) is 0 Å². The van der Waals surface area contributed by atoms with E-state index in [1.165, 1.54) is 0 Å². The van der Waals surface area contributed by atoms with Crippen LogP contribution in [-0.4, -0.2) is 24.4 Å². The minimum Gasteiger partial charge on any atom is -0.463 e. The van der Waals surface area contributed by atoms with Gasteiger partial charge in [-0.05, 0) is 43.3 Å². The average molecular weight is 418 g/mol. The van der Waals surface area contributed by atoms with Gasteiger partial charge in [0.2, 0.25) is 0 Å². The van der Waals surface area contributed by atoms with Crippen LogP contribution < -0.4 is 5.32 Å². The second-order valence-electron chi connectivity index (χ2n) is 6.27. The van der Waals surface area contributed by atoms with E-state index in [9.17, 15) is 4.79 Å². The first-order valence-electron chi connectivity index (χ1n) is 8.48. The third-order valence-corrected chi connectivity index (χ3v) is 4.78. The lowest BCUT2D eigenvalue weighted by molar-refractivity contribution is -0.685. The molecule has 0 saturated carbocycles. The summed E-state index contributed by atoms with van der Waals surface area (Å²) in [5, 5.41) is 1.97. The smallest absolute Gasteiger partial charge is 0.277 e. The molecule has 0 aliphatic carbocycles. The molecule has 6 heteroatoms. The summed E-state index contributed by atoms with van der Waals surface area (Å²) in [6, 6.07) is 15.7. The van der Waals surface area contributed by atoms with Crippen molar-refractivity contribution in [3.05, 3.63) is 70.8 Å². The van der Waals surface area contributed by atoms with E-state index in [0.717, 1.165) is 27.3 Å². The van der Waals surface area contributed by atoms with Gasteiger partial charge < -0.3 is 19.1 Å². The van der Waals surface area contributed by atoms with Crippen LogP contribution >= 0.6 is 15.9 Å². The predicted octanol–water partition coefficient (Wildman–Crippen LogP) is 3.59. The number of nitrogens with two attached hydrogens (primary N) is 1. The zero-order valence-electron chi connectivity index (χ0n) is 14.8. The van der Waals surface area contributed by atoms with E-state index in [-0.39, 0.29) is 11.9 Å². The Morgan fingerprint density at radius 3 is 2.65 bits per heavy atom. The van der Waals surface area contributed by atoms with E-state index < -0.39 is 0 Å². The lowest BCUT2D eigenvalue weighted by Crippen LogP contribution is -2.86. The largest absolute Gasteiger partial charge is 0.463 e. The second kappa shape index (κ2) is 8.38. The molecule has 1 amide bonds. The first kappa shape index (κ1) is 18.5. The highest BCUT2D eigenvalue weighted by Crippen LogP contribution is 2.24. The van der Waals surface area contributed by atoms with Gasteiger partial charge in [-0.25, -0.2) is 0 Å². The van der Waals surface area contributed by atoms with Gasteiger partial charge in [0.05, 0.1) is 12.8 Å². The Hall–Kier alpha value is -2.31. The van der Waals surface area contributed by atoms with Crippen molar-refractivity contribution >= 4 is 21.8 Å². The van der Waals surface area contributed by atoms with E-state index in [2.05, 4.69) is 15.9 Å². The molecule has 2 N–H and O–H groups in total. The summed E-state index contributed by atoms with van der Waals surface area (Å²) >= 11 is 3.43. The number of hydrogen-bond donors (Lipinski definition) is 1. The molecule has 136 valence electrons. The monoisotopic (exact) mass is 417 g/mol. The quantitative estimate of drug-likeness (QED) is 0.638. The van der Waals surface area contributed by atoms with E-state index in [4.69, 9.17) is 8.83 Å². The number of carbonyl (C=O) groups is 1. The number of furan rings is 2. The Labute approximate surface area is 161 Å². The molecule has 1 aromatic carbocycles. The fourth-order valence-corrected chi connectivity index (χ4v) is 2.92. The van der Waals surface area contributed by atoms with Crippen LogP contribution in [0, 0.1) is 0 Å². The summed E-state index contributed by atoms with van der Waals surface area (Å²) in [7, 11) is 1.79. The van der Waals surface area contributed by atoms with E-state index >= 15 is 0 Å². The summed E-state index contributed by atoms with van der Waals surface area (Å²) in [4.78, 5) is 14.0. The molecule has 1 atom stereocenters. The van der Waals surface area contributed by atoms with Gasteiger partial charge in [0, 0.05) is 17.1 Å². The van der Waals surface area contributed by atoms with Gasteiger partial charge in [0.25, 0.3) is 5.91 Å². The van der Waals surface area contributed by atoms with Gasteiger partial charge in [-0.2, -0.15) is 0 Å². The molecule has 0 aliphatic heterocycles. The summed E-state index contributed by atoms with van der Waals surface area (Å²) in [5.41, 5.74) is 1.01. The molecule has 3 aromatic rings. The number of quaternary nitrogens is 1. The van der Waals surface area contributed by atoms with Crippen LogP contribution in [0.2, 0.25) is 0 Å². The standard InChI is InChI=1S/C20H21BrN2O3/c1-14(18-4-3-11-25-18)22-12-20(24)23(2)13-17-9-10-19(26-17)15-5-7-16(21)8-6-15/h3-11,14,22H,12-13H2,1-2H3/p+1/t14-/m1/s1. The first-order chi connectivity index (χ1) is 12.5. The van der Waals surface area contributed by atoms with Crippen molar-refractivity contribution in [3.63, 3.8) is 0 Å². The average Bonchev–Trinajstić information content (AvgIpc) is 3.32. The van der Waals surface area contributed by atoms with E-state index in [1.54, 1.807) is 18.2 Å². The van der Waals surface area contributed by atoms with Crippen molar-refractivity contribution in [1.29, 1.82) is 0 Å². The highest BCUT2D eigenvalue weighted by molar-refractivity contribution is 9.10. The summed E-state index contributed by atoms with van der Waals surface area (Å²) in [6.45, 7) is 2.82. The molecule has 0 fully saturated rings. The number of likely N-dealkylation sites (N-methyl/N-ethyl adjacent to an activating group) is 1. The molecule has 0 bridgehead atoms. The molecule has 2 heterocycles. The minimum absolute atomic E-state index is 0.0463. The number of carbonyl (C=O) groups excluding carboxylic acids is 1. The molecule has 0 saturated heterocycles. The Balaban J connectivity index is 1.53. The summed E-state index contributed by atoms with van der Waals surface area (Å²) in [5.74, 6) is 2.47. The molecule has 0 unspecified atom stereocenters. The van der Waals surface area contributed by atoms with Crippen LogP contribution in [0.25, 0.3) is 11.3 Å². The topological polar surface area (TPSA) is 63.2 Å². The molecule has 0 spiro atoms. The van der Waals surface area contributed by atoms with E-state index in [1.807, 2.05) is 60.8 Å².